The van der Waals surface area contributed by atoms with Crippen LogP contribution in [0.2, 0.25) is 5.02 Å². The van der Waals surface area contributed by atoms with Crippen LogP contribution in [0.3, 0.4) is 0 Å². The molecule has 2 aromatic rings. The van der Waals surface area contributed by atoms with Gasteiger partial charge in [-0.15, -0.1) is 0 Å². The number of imide groups is 1. The monoisotopic (exact) mass is 358 g/mol. The van der Waals surface area contributed by atoms with Crippen molar-refractivity contribution in [2.24, 2.45) is 0 Å². The SMILES string of the molecule is Cc1ccccc1OCCN1C(=O)N[C@](C)(c2ccccc2Cl)C1=O. The first-order valence-electron chi connectivity index (χ1n) is 8.01. The molecule has 0 aliphatic carbocycles. The summed E-state index contributed by atoms with van der Waals surface area (Å²) >= 11 is 6.21. The molecule has 1 heterocycles. The average molecular weight is 359 g/mol. The van der Waals surface area contributed by atoms with Crippen LogP contribution in [0, 0.1) is 6.92 Å². The van der Waals surface area contributed by atoms with Crippen molar-refractivity contribution in [3.63, 3.8) is 0 Å². The van der Waals surface area contributed by atoms with Gasteiger partial charge in [-0.2, -0.15) is 0 Å². The summed E-state index contributed by atoms with van der Waals surface area (Å²) in [5.41, 5.74) is 0.413. The third-order valence-electron chi connectivity index (χ3n) is 4.35. The lowest BCUT2D eigenvalue weighted by Crippen LogP contribution is -2.41. The van der Waals surface area contributed by atoms with Gasteiger partial charge in [0.15, 0.2) is 0 Å². The van der Waals surface area contributed by atoms with Crippen molar-refractivity contribution in [3.05, 3.63) is 64.7 Å². The highest BCUT2D eigenvalue weighted by Crippen LogP contribution is 2.33. The van der Waals surface area contributed by atoms with Gasteiger partial charge in [0, 0.05) is 10.6 Å². The van der Waals surface area contributed by atoms with E-state index < -0.39 is 11.6 Å². The number of ether oxygens (including phenoxy) is 1. The molecule has 1 aliphatic rings. The lowest BCUT2D eigenvalue weighted by molar-refractivity contribution is -0.131. The molecule has 0 saturated carbocycles. The lowest BCUT2D eigenvalue weighted by atomic mass is 9.92. The highest BCUT2D eigenvalue weighted by atomic mass is 35.5. The van der Waals surface area contributed by atoms with E-state index in [1.807, 2.05) is 31.2 Å². The summed E-state index contributed by atoms with van der Waals surface area (Å²) in [5, 5.41) is 3.19. The number of rotatable bonds is 5. The summed E-state index contributed by atoms with van der Waals surface area (Å²) in [6, 6.07) is 14.2. The molecule has 1 N–H and O–H groups in total. The molecule has 0 radical (unpaired) electrons. The molecule has 3 rings (SSSR count). The van der Waals surface area contributed by atoms with E-state index >= 15 is 0 Å². The number of aryl methyl sites for hydroxylation is 1. The van der Waals surface area contributed by atoms with Gasteiger partial charge in [0.2, 0.25) is 0 Å². The third kappa shape index (κ3) is 3.20. The number of urea groups is 1. The highest BCUT2D eigenvalue weighted by Gasteiger charge is 2.49. The number of nitrogens with zero attached hydrogens (tertiary/aromatic N) is 1. The minimum Gasteiger partial charge on any atom is -0.491 e. The van der Waals surface area contributed by atoms with Crippen LogP contribution in [0.4, 0.5) is 4.79 Å². The van der Waals surface area contributed by atoms with Crippen LogP contribution >= 0.6 is 11.6 Å². The van der Waals surface area contributed by atoms with Crippen molar-refractivity contribution in [2.45, 2.75) is 19.4 Å². The zero-order chi connectivity index (χ0) is 18.0. The first kappa shape index (κ1) is 17.3. The molecule has 1 aliphatic heterocycles. The molecule has 6 heteroatoms. The number of carbonyl (C=O) groups excluding carboxylic acids is 2. The molecule has 0 bridgehead atoms. The number of halogens is 1. The molecule has 1 saturated heterocycles. The van der Waals surface area contributed by atoms with Crippen LogP contribution < -0.4 is 10.1 Å². The zero-order valence-electron chi connectivity index (χ0n) is 14.1. The lowest BCUT2D eigenvalue weighted by Gasteiger charge is -2.23. The summed E-state index contributed by atoms with van der Waals surface area (Å²) in [5.74, 6) is 0.405. The Morgan fingerprint density at radius 2 is 1.80 bits per heavy atom. The molecule has 25 heavy (non-hydrogen) atoms. The van der Waals surface area contributed by atoms with Gasteiger partial charge in [-0.1, -0.05) is 48.0 Å². The van der Waals surface area contributed by atoms with E-state index in [-0.39, 0.29) is 19.1 Å². The van der Waals surface area contributed by atoms with Crippen LogP contribution in [-0.2, 0) is 10.3 Å². The topological polar surface area (TPSA) is 58.6 Å². The molecule has 1 fully saturated rings. The number of para-hydroxylation sites is 1. The average Bonchev–Trinajstić information content (AvgIpc) is 2.80. The Hall–Kier alpha value is -2.53. The molecule has 0 aromatic heterocycles. The molecule has 0 spiro atoms. The van der Waals surface area contributed by atoms with Crippen molar-refractivity contribution < 1.29 is 14.3 Å². The minimum atomic E-state index is -1.17. The van der Waals surface area contributed by atoms with Gasteiger partial charge >= 0.3 is 6.03 Å². The van der Waals surface area contributed by atoms with Crippen LogP contribution in [-0.4, -0.2) is 30.0 Å². The second-order valence-electron chi connectivity index (χ2n) is 6.11. The van der Waals surface area contributed by atoms with Crippen LogP contribution in [0.15, 0.2) is 48.5 Å². The molecule has 130 valence electrons. The number of hydrogen-bond donors (Lipinski definition) is 1. The maximum atomic E-state index is 12.8. The highest BCUT2D eigenvalue weighted by molar-refractivity contribution is 6.32. The Kier molecular flexibility index (Phi) is 4.68. The number of carbonyl (C=O) groups is 2. The Morgan fingerprint density at radius 1 is 1.12 bits per heavy atom. The fourth-order valence-corrected chi connectivity index (χ4v) is 3.24. The molecule has 0 unspecified atom stereocenters. The summed E-state index contributed by atoms with van der Waals surface area (Å²) in [7, 11) is 0. The number of amides is 3. The summed E-state index contributed by atoms with van der Waals surface area (Å²) in [6.07, 6.45) is 0. The Morgan fingerprint density at radius 3 is 2.52 bits per heavy atom. The molecular weight excluding hydrogens is 340 g/mol. The van der Waals surface area contributed by atoms with Gasteiger partial charge < -0.3 is 10.1 Å². The number of nitrogens with one attached hydrogen (secondary N) is 1. The largest absolute Gasteiger partial charge is 0.491 e. The molecule has 5 nitrogen and oxygen atoms in total. The minimum absolute atomic E-state index is 0.166. The Labute approximate surface area is 151 Å². The van der Waals surface area contributed by atoms with E-state index in [0.717, 1.165) is 11.3 Å². The van der Waals surface area contributed by atoms with Crippen LogP contribution in [0.1, 0.15) is 18.1 Å². The van der Waals surface area contributed by atoms with Gasteiger partial charge in [-0.25, -0.2) is 4.79 Å². The molecule has 3 amide bonds. The van der Waals surface area contributed by atoms with Crippen molar-refractivity contribution in [1.82, 2.24) is 10.2 Å². The zero-order valence-corrected chi connectivity index (χ0v) is 14.8. The predicted molar refractivity (Wildman–Crippen MR) is 95.7 cm³/mol. The molecule has 1 atom stereocenters. The maximum absolute atomic E-state index is 12.8. The van der Waals surface area contributed by atoms with Crippen molar-refractivity contribution in [2.75, 3.05) is 13.2 Å². The second kappa shape index (κ2) is 6.76. The predicted octanol–water partition coefficient (Wildman–Crippen LogP) is 3.49. The Bertz CT molecular complexity index is 824. The quantitative estimate of drug-likeness (QED) is 0.832. The second-order valence-corrected chi connectivity index (χ2v) is 6.51. The first-order chi connectivity index (χ1) is 11.9. The van der Waals surface area contributed by atoms with Gasteiger partial charge in [0.25, 0.3) is 5.91 Å². The van der Waals surface area contributed by atoms with Gasteiger partial charge in [0.05, 0.1) is 6.54 Å². The normalized spacial score (nSPS) is 19.9. The van der Waals surface area contributed by atoms with Crippen LogP contribution in [0.25, 0.3) is 0 Å². The van der Waals surface area contributed by atoms with Gasteiger partial charge in [0.1, 0.15) is 17.9 Å². The van der Waals surface area contributed by atoms with E-state index in [1.54, 1.807) is 31.2 Å². The van der Waals surface area contributed by atoms with Gasteiger partial charge in [-0.05, 0) is 31.5 Å². The first-order valence-corrected chi connectivity index (χ1v) is 8.39. The van der Waals surface area contributed by atoms with Crippen molar-refractivity contribution in [1.29, 1.82) is 0 Å². The third-order valence-corrected chi connectivity index (χ3v) is 4.68. The number of hydrogen-bond acceptors (Lipinski definition) is 3. The van der Waals surface area contributed by atoms with Crippen LogP contribution in [0.5, 0.6) is 5.75 Å². The number of benzene rings is 2. The fraction of sp³-hybridized carbons (Fsp3) is 0.263. The van der Waals surface area contributed by atoms with Crippen molar-refractivity contribution in [3.8, 4) is 5.75 Å². The summed E-state index contributed by atoms with van der Waals surface area (Å²) in [4.78, 5) is 26.3. The molecule has 2 aromatic carbocycles. The van der Waals surface area contributed by atoms with Gasteiger partial charge in [-0.3, -0.25) is 9.69 Å². The summed E-state index contributed by atoms with van der Waals surface area (Å²) < 4.78 is 5.69. The van der Waals surface area contributed by atoms with E-state index in [9.17, 15) is 9.59 Å². The maximum Gasteiger partial charge on any atom is 0.325 e. The van der Waals surface area contributed by atoms with E-state index in [0.29, 0.717) is 10.6 Å². The van der Waals surface area contributed by atoms with Crippen molar-refractivity contribution >= 4 is 23.5 Å². The van der Waals surface area contributed by atoms with E-state index in [1.165, 1.54) is 4.90 Å². The molecular formula is C19H19ClN2O3. The van der Waals surface area contributed by atoms with E-state index in [4.69, 9.17) is 16.3 Å². The fourth-order valence-electron chi connectivity index (χ4n) is 2.91. The Balaban J connectivity index is 1.72. The summed E-state index contributed by atoms with van der Waals surface area (Å²) in [6.45, 7) is 4.00. The van der Waals surface area contributed by atoms with E-state index in [2.05, 4.69) is 5.32 Å². The smallest absolute Gasteiger partial charge is 0.325 e. The standard InChI is InChI=1S/C19H19ClN2O3/c1-13-7-3-6-10-16(13)25-12-11-22-17(23)19(2,21-18(22)24)14-8-4-5-9-15(14)20/h3-10H,11-12H2,1-2H3,(H,21,24)/t19-/m1/s1.